The first-order chi connectivity index (χ1) is 34.6. The van der Waals surface area contributed by atoms with Gasteiger partial charge in [0.25, 0.3) is 0 Å². The number of hydrogen-bond acceptors (Lipinski definition) is 16. The second-order valence-corrected chi connectivity index (χ2v) is 16.9. The fourth-order valence-corrected chi connectivity index (χ4v) is 8.06. The molecule has 3 aliphatic rings. The lowest BCUT2D eigenvalue weighted by atomic mass is 10.2. The van der Waals surface area contributed by atoms with E-state index in [0.29, 0.717) is 101 Å². The Morgan fingerprint density at radius 1 is 0.653 bits per heavy atom. The van der Waals surface area contributed by atoms with E-state index < -0.39 is 0 Å². The molecule has 6 aromatic rings. The Balaban J connectivity index is 0.000000229. The van der Waals surface area contributed by atoms with Crippen LogP contribution in [0.25, 0.3) is 22.9 Å². The van der Waals surface area contributed by atoms with E-state index in [1.54, 1.807) is 24.5 Å². The van der Waals surface area contributed by atoms with Gasteiger partial charge in [0, 0.05) is 48.0 Å². The van der Waals surface area contributed by atoms with Gasteiger partial charge in [-0.2, -0.15) is 0 Å². The molecule has 0 saturated carbocycles. The number of anilines is 4. The predicted molar refractivity (Wildman–Crippen MR) is 283 cm³/mol. The van der Waals surface area contributed by atoms with Crippen LogP contribution in [0.3, 0.4) is 0 Å². The smallest absolute Gasteiger partial charge is 0.227 e. The van der Waals surface area contributed by atoms with E-state index in [9.17, 15) is 0 Å². The number of aromatic nitrogens is 4. The topological polar surface area (TPSA) is 164 Å². The third kappa shape index (κ3) is 17.0. The first-order valence-electron chi connectivity index (χ1n) is 24.1. The van der Waals surface area contributed by atoms with Crippen molar-refractivity contribution in [3.8, 4) is 34.4 Å². The van der Waals surface area contributed by atoms with Crippen molar-refractivity contribution in [1.29, 1.82) is 0 Å². The predicted octanol–water partition coefficient (Wildman–Crippen LogP) is 11.2. The molecule has 2 saturated heterocycles. The highest BCUT2D eigenvalue weighted by Crippen LogP contribution is 2.29. The molecule has 7 heterocycles. The number of hydrogen-bond donors (Lipinski definition) is 2. The van der Waals surface area contributed by atoms with Crippen LogP contribution in [0.4, 0.5) is 23.3 Å². The zero-order valence-corrected chi connectivity index (χ0v) is 39.9. The van der Waals surface area contributed by atoms with Crippen molar-refractivity contribution in [1.82, 2.24) is 29.7 Å². The number of nitrogens with zero attached hydrogens (tertiary/aromatic N) is 6. The summed E-state index contributed by atoms with van der Waals surface area (Å²) in [5, 5.41) is 6.58. The van der Waals surface area contributed by atoms with Gasteiger partial charge in [0.2, 0.25) is 11.9 Å². The number of likely N-dealkylation sites (tertiary alicyclic amines) is 2. The van der Waals surface area contributed by atoms with E-state index in [1.165, 1.54) is 25.7 Å². The summed E-state index contributed by atoms with van der Waals surface area (Å²) in [5.74, 6) is 5.42. The molecular weight excluding hydrogens is 913 g/mol. The van der Waals surface area contributed by atoms with Gasteiger partial charge in [0.15, 0.2) is 11.5 Å². The molecular formula is C56H72N8O8. The van der Waals surface area contributed by atoms with Crippen LogP contribution in [0.15, 0.2) is 131 Å². The lowest BCUT2D eigenvalue weighted by Crippen LogP contribution is -2.25. The minimum absolute atomic E-state index is 0. The molecule has 0 aliphatic carbocycles. The van der Waals surface area contributed by atoms with Crippen LogP contribution in [-0.2, 0) is 45.4 Å². The first-order valence-corrected chi connectivity index (χ1v) is 24.1. The third-order valence-corrected chi connectivity index (χ3v) is 11.6. The normalized spacial score (nSPS) is 15.3. The molecule has 16 nitrogen and oxygen atoms in total. The number of fused-ring (bicyclic) bond motifs is 7. The molecule has 0 radical (unpaired) electrons. The van der Waals surface area contributed by atoms with E-state index in [2.05, 4.69) is 53.5 Å². The Morgan fingerprint density at radius 2 is 1.29 bits per heavy atom. The second-order valence-electron chi connectivity index (χ2n) is 16.9. The molecule has 2 fully saturated rings. The summed E-state index contributed by atoms with van der Waals surface area (Å²) in [5.41, 5.74) is 5.02. The summed E-state index contributed by atoms with van der Waals surface area (Å²) < 4.78 is 46.7. The molecule has 2 N–H and O–H groups in total. The quantitative estimate of drug-likeness (QED) is 0.0581. The zero-order valence-electron chi connectivity index (χ0n) is 39.9. The lowest BCUT2D eigenvalue weighted by Gasteiger charge is -2.17. The van der Waals surface area contributed by atoms with E-state index in [4.69, 9.17) is 37.3 Å². The van der Waals surface area contributed by atoms with Gasteiger partial charge in [-0.1, -0.05) is 39.2 Å². The average Bonchev–Trinajstić information content (AvgIpc) is 4.25. The van der Waals surface area contributed by atoms with Crippen molar-refractivity contribution in [2.45, 2.75) is 67.0 Å². The maximum absolute atomic E-state index is 6.14. The van der Waals surface area contributed by atoms with Gasteiger partial charge in [0.1, 0.15) is 60.8 Å². The summed E-state index contributed by atoms with van der Waals surface area (Å²) in [6.07, 6.45) is 15.9. The van der Waals surface area contributed by atoms with E-state index in [-0.39, 0.29) is 14.9 Å². The number of furan rings is 2. The Kier molecular flexibility index (Phi) is 22.5. The van der Waals surface area contributed by atoms with Gasteiger partial charge in [0.05, 0.1) is 39.6 Å². The highest BCUT2D eigenvalue weighted by atomic mass is 16.5. The average molecular weight is 985 g/mol. The third-order valence-electron chi connectivity index (χ3n) is 11.6. The Labute approximate surface area is 425 Å². The van der Waals surface area contributed by atoms with Gasteiger partial charge < -0.3 is 47.9 Å². The highest BCUT2D eigenvalue weighted by Gasteiger charge is 2.16. The van der Waals surface area contributed by atoms with Crippen molar-refractivity contribution >= 4 is 23.3 Å². The van der Waals surface area contributed by atoms with E-state index in [1.807, 2.05) is 84.9 Å². The van der Waals surface area contributed by atoms with Crippen LogP contribution in [0.5, 0.6) is 11.5 Å². The summed E-state index contributed by atoms with van der Waals surface area (Å²) in [6.45, 7) is 18.7. The molecule has 0 unspecified atom stereocenters. The molecule has 16 heteroatoms. The van der Waals surface area contributed by atoms with Crippen molar-refractivity contribution in [2.24, 2.45) is 0 Å². The summed E-state index contributed by atoms with van der Waals surface area (Å²) >= 11 is 0. The summed E-state index contributed by atoms with van der Waals surface area (Å²) in [7, 11) is 0. The van der Waals surface area contributed by atoms with Gasteiger partial charge in [-0.05, 0) is 125 Å². The molecule has 0 spiro atoms. The molecule has 9 rings (SSSR count). The van der Waals surface area contributed by atoms with Crippen LogP contribution >= 0.6 is 0 Å². The number of nitrogens with one attached hydrogen (secondary N) is 2. The Hall–Kier alpha value is -6.66. The second kappa shape index (κ2) is 29.6. The molecule has 6 bridgehead atoms. The molecule has 72 heavy (non-hydrogen) atoms. The van der Waals surface area contributed by atoms with E-state index in [0.717, 1.165) is 84.8 Å². The van der Waals surface area contributed by atoms with Crippen molar-refractivity contribution in [3.63, 3.8) is 0 Å². The minimum Gasteiger partial charge on any atom is -0.492 e. The maximum atomic E-state index is 6.14. The fraction of sp³-hybridized carbons (Fsp3) is 0.393. The van der Waals surface area contributed by atoms with Gasteiger partial charge in [-0.3, -0.25) is 9.80 Å². The molecule has 0 atom stereocenters. The standard InChI is InChI=1S/C28H34N4O4.C26H30N4O4.2CH4/c1-3-16-33-20-22-19-23(7-9-26(22)35-18-15-32-13-5-6-14-32)30-28-29-12-11-25(31-28)27-10-8-24(36-27)21-34-17-4-2;1-2-12-30(11-1)13-16-33-24-7-5-21-17-20(24)18-31-14-3-4-15-32-19-22-6-8-25(34-22)23-9-10-27-26(28-21)29-23;;/h3-4,7-12,19H,1-2,5-6,13-18,20-21H2,(H,29,30,31);3-10,17H,1-2,11-16,18-19H2,(H,27,28,29);2*1H4/b;4-3+;;. The Bertz CT molecular complexity index is 2590. The molecule has 384 valence electrons. The van der Waals surface area contributed by atoms with Crippen LogP contribution in [0.1, 0.15) is 63.2 Å². The van der Waals surface area contributed by atoms with Crippen LogP contribution in [0.2, 0.25) is 0 Å². The van der Waals surface area contributed by atoms with Crippen LogP contribution in [0, 0.1) is 0 Å². The molecule has 2 aromatic carbocycles. The van der Waals surface area contributed by atoms with Gasteiger partial charge >= 0.3 is 0 Å². The van der Waals surface area contributed by atoms with Crippen molar-refractivity contribution in [3.05, 3.63) is 145 Å². The van der Waals surface area contributed by atoms with Crippen molar-refractivity contribution in [2.75, 3.05) is 89.5 Å². The largest absolute Gasteiger partial charge is 0.492 e. The fourth-order valence-electron chi connectivity index (χ4n) is 8.06. The molecule has 4 aromatic heterocycles. The highest BCUT2D eigenvalue weighted by molar-refractivity contribution is 5.62. The summed E-state index contributed by atoms with van der Waals surface area (Å²) in [6, 6.07) is 23.1. The van der Waals surface area contributed by atoms with Crippen molar-refractivity contribution < 1.29 is 37.3 Å². The maximum Gasteiger partial charge on any atom is 0.227 e. The van der Waals surface area contributed by atoms with Gasteiger partial charge in [-0.15, -0.1) is 13.2 Å². The number of ether oxygens (including phenoxy) is 6. The number of benzene rings is 2. The SMILES string of the molecule is C.C.C1=C/COCc2cc(ccc2OCCN2CCCC2)Nc2nccc(n2)-c2ccc(o2)COC/1.C=CCOCc1ccc(-c2ccnc(Nc3ccc(OCCN4CCCC4)c(COCC=C)c3)n2)o1. The zero-order chi connectivity index (χ0) is 48.0. The number of rotatable bonds is 19. The Morgan fingerprint density at radius 3 is 2.03 bits per heavy atom. The molecule has 0 amide bonds. The molecule has 3 aliphatic heterocycles. The monoisotopic (exact) mass is 985 g/mol. The van der Waals surface area contributed by atoms with E-state index >= 15 is 0 Å². The van der Waals surface area contributed by atoms with Crippen LogP contribution < -0.4 is 20.1 Å². The summed E-state index contributed by atoms with van der Waals surface area (Å²) in [4.78, 5) is 22.8. The minimum atomic E-state index is 0. The van der Waals surface area contributed by atoms with Gasteiger partial charge in [-0.25, -0.2) is 19.9 Å². The first kappa shape index (κ1) is 54.7. The lowest BCUT2D eigenvalue weighted by molar-refractivity contribution is 0.128. The van der Waals surface area contributed by atoms with Crippen LogP contribution in [-0.4, -0.2) is 109 Å².